The van der Waals surface area contributed by atoms with E-state index in [9.17, 15) is 18.8 Å². The van der Waals surface area contributed by atoms with Crippen molar-refractivity contribution in [1.29, 1.82) is 0 Å². The number of ether oxygens (including phenoxy) is 1. The standard InChI is InChI=1S/C30H31FN4O4/c1-39-30(38)26-3-2-11-32-28(26)29(37)35-13-8-20(9-14-35)16-27(36)33-25-10-12-34(19-25)18-21-4-5-23-17-24(31)7-6-22(23)15-21/h2-7,11,15-17,25H,8-10,12-14,18-19H2,1H3,(H,33,36)/t25-/m1/s1. The van der Waals surface area contributed by atoms with Gasteiger partial charge in [0.1, 0.15) is 11.5 Å². The summed E-state index contributed by atoms with van der Waals surface area (Å²) >= 11 is 0. The summed E-state index contributed by atoms with van der Waals surface area (Å²) in [7, 11) is 1.27. The Morgan fingerprint density at radius 2 is 1.85 bits per heavy atom. The summed E-state index contributed by atoms with van der Waals surface area (Å²) in [5.74, 6) is -1.26. The van der Waals surface area contributed by atoms with Gasteiger partial charge >= 0.3 is 5.97 Å². The van der Waals surface area contributed by atoms with Crippen LogP contribution in [0.4, 0.5) is 4.39 Å². The number of carbonyl (C=O) groups excluding carboxylic acids is 3. The molecule has 9 heteroatoms. The molecule has 2 amide bonds. The SMILES string of the molecule is COC(=O)c1cccnc1C(=O)N1CCC(=CC(=O)N[C@@H]2CCN(Cc3ccc4cc(F)ccc4c3)C2)CC1. The molecule has 2 aliphatic rings. The number of piperidine rings is 1. The number of benzene rings is 2. The second-order valence-electron chi connectivity index (χ2n) is 10.0. The van der Waals surface area contributed by atoms with Crippen molar-refractivity contribution in [2.75, 3.05) is 33.3 Å². The fourth-order valence-corrected chi connectivity index (χ4v) is 5.29. The van der Waals surface area contributed by atoms with Gasteiger partial charge in [-0.2, -0.15) is 0 Å². The quantitative estimate of drug-likeness (QED) is 0.386. The number of hydrogen-bond donors (Lipinski definition) is 1. The molecule has 1 atom stereocenters. The molecule has 0 radical (unpaired) electrons. The zero-order valence-electron chi connectivity index (χ0n) is 21.9. The van der Waals surface area contributed by atoms with Gasteiger partial charge in [-0.1, -0.05) is 23.8 Å². The highest BCUT2D eigenvalue weighted by Gasteiger charge is 2.27. The molecule has 0 saturated carbocycles. The van der Waals surface area contributed by atoms with Crippen LogP contribution in [0.1, 0.15) is 45.7 Å². The summed E-state index contributed by atoms with van der Waals surface area (Å²) in [5.41, 5.74) is 2.38. The molecule has 2 aromatic carbocycles. The lowest BCUT2D eigenvalue weighted by molar-refractivity contribution is -0.117. The second kappa shape index (κ2) is 11.7. The number of rotatable bonds is 6. The normalized spacial score (nSPS) is 17.7. The van der Waals surface area contributed by atoms with Gasteiger partial charge in [-0.05, 0) is 65.9 Å². The highest BCUT2D eigenvalue weighted by Crippen LogP contribution is 2.22. The molecule has 5 rings (SSSR count). The van der Waals surface area contributed by atoms with E-state index in [1.54, 1.807) is 23.1 Å². The Morgan fingerprint density at radius 1 is 1.08 bits per heavy atom. The van der Waals surface area contributed by atoms with E-state index in [4.69, 9.17) is 4.74 Å². The van der Waals surface area contributed by atoms with Crippen LogP contribution in [0.5, 0.6) is 0 Å². The van der Waals surface area contributed by atoms with Gasteiger partial charge in [-0.15, -0.1) is 0 Å². The highest BCUT2D eigenvalue weighted by atomic mass is 19.1. The van der Waals surface area contributed by atoms with Gasteiger partial charge in [-0.3, -0.25) is 19.5 Å². The summed E-state index contributed by atoms with van der Waals surface area (Å²) in [4.78, 5) is 45.8. The fourth-order valence-electron chi connectivity index (χ4n) is 5.29. The van der Waals surface area contributed by atoms with Crippen molar-refractivity contribution in [2.45, 2.75) is 31.8 Å². The lowest BCUT2D eigenvalue weighted by Crippen LogP contribution is -2.39. The molecule has 1 N–H and O–H groups in total. The summed E-state index contributed by atoms with van der Waals surface area (Å²) in [6, 6.07) is 14.1. The zero-order valence-corrected chi connectivity index (χ0v) is 21.9. The average Bonchev–Trinajstić information content (AvgIpc) is 3.38. The van der Waals surface area contributed by atoms with E-state index in [1.807, 2.05) is 12.1 Å². The van der Waals surface area contributed by atoms with E-state index in [0.29, 0.717) is 25.9 Å². The Hall–Kier alpha value is -4.11. The number of methoxy groups -OCH3 is 1. The number of pyridine rings is 1. The number of halogens is 1. The largest absolute Gasteiger partial charge is 0.465 e. The van der Waals surface area contributed by atoms with Crippen LogP contribution in [0.3, 0.4) is 0 Å². The van der Waals surface area contributed by atoms with Crippen molar-refractivity contribution >= 4 is 28.6 Å². The summed E-state index contributed by atoms with van der Waals surface area (Å²) in [6.45, 7) is 3.33. The number of hydrogen-bond acceptors (Lipinski definition) is 6. The van der Waals surface area contributed by atoms with E-state index in [1.165, 1.54) is 31.5 Å². The third-order valence-electron chi connectivity index (χ3n) is 7.34. The molecule has 8 nitrogen and oxygen atoms in total. The van der Waals surface area contributed by atoms with Gasteiger partial charge in [0, 0.05) is 51.0 Å². The number of esters is 1. The van der Waals surface area contributed by atoms with Gasteiger partial charge in [0.05, 0.1) is 12.7 Å². The summed E-state index contributed by atoms with van der Waals surface area (Å²) in [6.07, 6.45) is 5.19. The number of amides is 2. The van der Waals surface area contributed by atoms with E-state index in [2.05, 4.69) is 21.3 Å². The lowest BCUT2D eigenvalue weighted by atomic mass is 10.0. The van der Waals surface area contributed by atoms with E-state index in [-0.39, 0.29) is 34.9 Å². The molecule has 0 unspecified atom stereocenters. The van der Waals surface area contributed by atoms with Crippen molar-refractivity contribution in [3.8, 4) is 0 Å². The first-order chi connectivity index (χ1) is 18.9. The van der Waals surface area contributed by atoms with Gasteiger partial charge in [0.25, 0.3) is 5.91 Å². The monoisotopic (exact) mass is 530 g/mol. The van der Waals surface area contributed by atoms with Crippen molar-refractivity contribution in [2.24, 2.45) is 0 Å². The molecular weight excluding hydrogens is 499 g/mol. The van der Waals surface area contributed by atoms with Crippen molar-refractivity contribution in [1.82, 2.24) is 20.1 Å². The van der Waals surface area contributed by atoms with Crippen LogP contribution in [0, 0.1) is 5.82 Å². The maximum atomic E-state index is 13.4. The third kappa shape index (κ3) is 6.31. The molecule has 3 heterocycles. The molecule has 1 aromatic heterocycles. The molecule has 0 spiro atoms. The molecular formula is C30H31FN4O4. The number of nitrogens with one attached hydrogen (secondary N) is 1. The lowest BCUT2D eigenvalue weighted by Gasteiger charge is -2.28. The minimum absolute atomic E-state index is 0.0754. The van der Waals surface area contributed by atoms with E-state index in [0.717, 1.165) is 48.0 Å². The molecule has 2 aliphatic heterocycles. The van der Waals surface area contributed by atoms with Crippen LogP contribution < -0.4 is 5.32 Å². The second-order valence-corrected chi connectivity index (χ2v) is 10.0. The number of nitrogens with zero attached hydrogens (tertiary/aromatic N) is 3. The van der Waals surface area contributed by atoms with Crippen LogP contribution in [0.15, 0.2) is 66.4 Å². The highest BCUT2D eigenvalue weighted by molar-refractivity contribution is 6.04. The van der Waals surface area contributed by atoms with Gasteiger partial charge < -0.3 is 15.0 Å². The molecule has 0 aliphatic carbocycles. The van der Waals surface area contributed by atoms with Crippen LogP contribution in [-0.2, 0) is 16.1 Å². The van der Waals surface area contributed by atoms with Crippen molar-refractivity contribution in [3.63, 3.8) is 0 Å². The van der Waals surface area contributed by atoms with E-state index < -0.39 is 5.97 Å². The summed E-state index contributed by atoms with van der Waals surface area (Å²) in [5, 5.41) is 5.02. The Kier molecular flexibility index (Phi) is 7.97. The summed E-state index contributed by atoms with van der Waals surface area (Å²) < 4.78 is 18.2. The maximum absolute atomic E-state index is 13.4. The first-order valence-corrected chi connectivity index (χ1v) is 13.1. The van der Waals surface area contributed by atoms with Crippen LogP contribution in [0.25, 0.3) is 10.8 Å². The number of fused-ring (bicyclic) bond motifs is 1. The predicted molar refractivity (Wildman–Crippen MR) is 145 cm³/mol. The van der Waals surface area contributed by atoms with Gasteiger partial charge in [0.15, 0.2) is 0 Å². The first kappa shape index (κ1) is 26.5. The average molecular weight is 531 g/mol. The van der Waals surface area contributed by atoms with Crippen molar-refractivity contribution in [3.05, 3.63) is 89.0 Å². The fraction of sp³-hybridized carbons (Fsp3) is 0.333. The van der Waals surface area contributed by atoms with Crippen LogP contribution >= 0.6 is 0 Å². The topological polar surface area (TPSA) is 91.8 Å². The van der Waals surface area contributed by atoms with Crippen molar-refractivity contribution < 1.29 is 23.5 Å². The number of aromatic nitrogens is 1. The smallest absolute Gasteiger partial charge is 0.340 e. The Labute approximate surface area is 226 Å². The third-order valence-corrected chi connectivity index (χ3v) is 7.34. The molecule has 0 bridgehead atoms. The Morgan fingerprint density at radius 3 is 2.64 bits per heavy atom. The Bertz CT molecular complexity index is 1430. The van der Waals surface area contributed by atoms with Gasteiger partial charge in [0.2, 0.25) is 5.91 Å². The predicted octanol–water partition coefficient (Wildman–Crippen LogP) is 3.71. The van der Waals surface area contributed by atoms with Gasteiger partial charge in [-0.25, -0.2) is 9.18 Å². The number of likely N-dealkylation sites (tertiary alicyclic amines) is 2. The maximum Gasteiger partial charge on any atom is 0.340 e. The van der Waals surface area contributed by atoms with E-state index >= 15 is 0 Å². The zero-order chi connectivity index (χ0) is 27.4. The van der Waals surface area contributed by atoms with Crippen LogP contribution in [-0.4, -0.2) is 71.9 Å². The first-order valence-electron chi connectivity index (χ1n) is 13.1. The minimum atomic E-state index is -0.597. The molecule has 2 fully saturated rings. The van der Waals surface area contributed by atoms with Crippen LogP contribution in [0.2, 0.25) is 0 Å². The molecule has 202 valence electrons. The minimum Gasteiger partial charge on any atom is -0.465 e. The molecule has 39 heavy (non-hydrogen) atoms. The Balaban J connectivity index is 1.10. The molecule has 3 aromatic rings. The molecule has 2 saturated heterocycles. The number of carbonyl (C=O) groups is 3.